The van der Waals surface area contributed by atoms with E-state index in [1.807, 2.05) is 11.8 Å². The molecule has 94 valence electrons. The molecule has 1 aromatic carbocycles. The Balaban J connectivity index is 1.87. The Morgan fingerprint density at radius 2 is 2.44 bits per heavy atom. The quantitative estimate of drug-likeness (QED) is 0.678. The number of nitrogens with one attached hydrogen (secondary N) is 1. The summed E-state index contributed by atoms with van der Waals surface area (Å²) in [4.78, 5) is 14.5. The van der Waals surface area contributed by atoms with Crippen molar-refractivity contribution in [3.8, 4) is 0 Å². The van der Waals surface area contributed by atoms with Gasteiger partial charge in [0, 0.05) is 23.9 Å². The Morgan fingerprint density at radius 3 is 3.17 bits per heavy atom. The number of fused-ring (bicyclic) bond motifs is 1. The fourth-order valence-corrected chi connectivity index (χ4v) is 3.07. The van der Waals surface area contributed by atoms with Gasteiger partial charge in [-0.2, -0.15) is 16.7 Å². The van der Waals surface area contributed by atoms with Crippen LogP contribution >= 0.6 is 11.8 Å². The molecule has 1 aliphatic rings. The van der Waals surface area contributed by atoms with Gasteiger partial charge >= 0.3 is 0 Å². The van der Waals surface area contributed by atoms with E-state index in [1.54, 1.807) is 6.07 Å². The summed E-state index contributed by atoms with van der Waals surface area (Å²) in [6, 6.07) is 5.24. The second kappa shape index (κ2) is 4.49. The molecule has 0 aliphatic carbocycles. The zero-order valence-corrected chi connectivity index (χ0v) is 10.3. The molecule has 1 saturated heterocycles. The van der Waals surface area contributed by atoms with Gasteiger partial charge in [-0.25, -0.2) is 0 Å². The number of nitro groups is 1. The number of hydrogen-bond acceptors (Lipinski definition) is 6. The summed E-state index contributed by atoms with van der Waals surface area (Å²) in [7, 11) is 0. The zero-order valence-electron chi connectivity index (χ0n) is 9.46. The fraction of sp³-hybridized carbons (Fsp3) is 0.364. The van der Waals surface area contributed by atoms with Crippen molar-refractivity contribution in [2.24, 2.45) is 0 Å². The van der Waals surface area contributed by atoms with Crippen LogP contribution in [0.1, 0.15) is 6.42 Å². The minimum absolute atomic E-state index is 0.0266. The number of aromatic nitrogens is 1. The molecule has 1 aromatic heterocycles. The summed E-state index contributed by atoms with van der Waals surface area (Å²) in [5.41, 5.74) is 1.10. The van der Waals surface area contributed by atoms with Crippen LogP contribution in [0.2, 0.25) is 0 Å². The van der Waals surface area contributed by atoms with E-state index in [2.05, 4.69) is 10.3 Å². The second-order valence-electron chi connectivity index (χ2n) is 4.13. The number of thioether (sulfide) groups is 1. The molecule has 1 aliphatic heterocycles. The molecule has 1 unspecified atom stereocenters. The highest BCUT2D eigenvalue weighted by atomic mass is 32.2. The van der Waals surface area contributed by atoms with Gasteiger partial charge in [-0.15, -0.1) is 0 Å². The lowest BCUT2D eigenvalue weighted by Gasteiger charge is -2.07. The summed E-state index contributed by atoms with van der Waals surface area (Å²) in [6.45, 7) is 0. The van der Waals surface area contributed by atoms with Crippen molar-refractivity contribution >= 4 is 34.6 Å². The fourth-order valence-electron chi connectivity index (χ4n) is 1.91. The smallest absolute Gasteiger partial charge is 0.295 e. The normalized spacial score (nSPS) is 19.2. The van der Waals surface area contributed by atoms with Crippen LogP contribution in [0.15, 0.2) is 22.6 Å². The topological polar surface area (TPSA) is 81.2 Å². The first kappa shape index (κ1) is 11.3. The standard InChI is InChI=1S/C11H11N3O3S/c15-14(16)8-1-2-10-9(5-8)13-11(17-10)12-7-3-4-18-6-7/h1-2,5,7H,3-4,6H2,(H,12,13). The summed E-state index contributed by atoms with van der Waals surface area (Å²) >= 11 is 1.89. The van der Waals surface area contributed by atoms with Crippen molar-refractivity contribution in [1.82, 2.24) is 4.98 Å². The highest BCUT2D eigenvalue weighted by Gasteiger charge is 2.18. The monoisotopic (exact) mass is 265 g/mol. The predicted molar refractivity (Wildman–Crippen MR) is 70.0 cm³/mol. The Labute approximate surface area is 107 Å². The highest BCUT2D eigenvalue weighted by Crippen LogP contribution is 2.26. The molecule has 7 heteroatoms. The Hall–Kier alpha value is -1.76. The van der Waals surface area contributed by atoms with E-state index in [9.17, 15) is 10.1 Å². The molecule has 0 radical (unpaired) electrons. The van der Waals surface area contributed by atoms with E-state index in [0.29, 0.717) is 23.2 Å². The van der Waals surface area contributed by atoms with E-state index < -0.39 is 4.92 Å². The lowest BCUT2D eigenvalue weighted by Crippen LogP contribution is -2.18. The van der Waals surface area contributed by atoms with Crippen LogP contribution in [-0.4, -0.2) is 27.5 Å². The minimum Gasteiger partial charge on any atom is -0.424 e. The number of non-ortho nitro benzene ring substituents is 1. The number of anilines is 1. The predicted octanol–water partition coefficient (Wildman–Crippen LogP) is 2.65. The van der Waals surface area contributed by atoms with Gasteiger partial charge in [-0.1, -0.05) is 0 Å². The number of nitrogens with zero attached hydrogens (tertiary/aromatic N) is 2. The van der Waals surface area contributed by atoms with Gasteiger partial charge in [0.05, 0.1) is 4.92 Å². The van der Waals surface area contributed by atoms with Crippen molar-refractivity contribution in [3.63, 3.8) is 0 Å². The van der Waals surface area contributed by atoms with Gasteiger partial charge in [0.15, 0.2) is 5.58 Å². The third kappa shape index (κ3) is 2.13. The second-order valence-corrected chi connectivity index (χ2v) is 5.28. The summed E-state index contributed by atoms with van der Waals surface area (Å²) in [5.74, 6) is 2.18. The summed E-state index contributed by atoms with van der Waals surface area (Å²) in [5, 5.41) is 13.9. The molecule has 1 atom stereocenters. The summed E-state index contributed by atoms with van der Waals surface area (Å²) < 4.78 is 5.51. The summed E-state index contributed by atoms with van der Waals surface area (Å²) in [6.07, 6.45) is 1.09. The maximum absolute atomic E-state index is 10.7. The highest BCUT2D eigenvalue weighted by molar-refractivity contribution is 7.99. The van der Waals surface area contributed by atoms with E-state index in [0.717, 1.165) is 17.9 Å². The van der Waals surface area contributed by atoms with Gasteiger partial charge in [-0.3, -0.25) is 10.1 Å². The molecular formula is C11H11N3O3S. The first-order chi connectivity index (χ1) is 8.72. The molecule has 0 spiro atoms. The number of hydrogen-bond donors (Lipinski definition) is 1. The number of benzene rings is 1. The number of rotatable bonds is 3. The average Bonchev–Trinajstić information content (AvgIpc) is 2.96. The third-order valence-corrected chi connectivity index (χ3v) is 4.00. The Morgan fingerprint density at radius 1 is 1.56 bits per heavy atom. The van der Waals surface area contributed by atoms with Crippen molar-refractivity contribution in [2.45, 2.75) is 12.5 Å². The third-order valence-electron chi connectivity index (χ3n) is 2.84. The van der Waals surface area contributed by atoms with Crippen molar-refractivity contribution in [3.05, 3.63) is 28.3 Å². The SMILES string of the molecule is O=[N+]([O-])c1ccc2oc(NC3CCSC3)nc2c1. The first-order valence-electron chi connectivity index (χ1n) is 5.61. The lowest BCUT2D eigenvalue weighted by atomic mass is 10.3. The maximum Gasteiger partial charge on any atom is 0.295 e. The van der Waals surface area contributed by atoms with Gasteiger partial charge in [0.2, 0.25) is 0 Å². The molecule has 3 rings (SSSR count). The molecule has 1 N–H and O–H groups in total. The number of nitro benzene ring substituents is 1. The molecule has 18 heavy (non-hydrogen) atoms. The molecule has 0 amide bonds. The maximum atomic E-state index is 10.7. The number of oxazole rings is 1. The van der Waals surface area contributed by atoms with E-state index in [-0.39, 0.29) is 5.69 Å². The minimum atomic E-state index is -0.436. The van der Waals surface area contributed by atoms with Crippen LogP contribution in [0.25, 0.3) is 11.1 Å². The van der Waals surface area contributed by atoms with E-state index in [1.165, 1.54) is 12.1 Å². The van der Waals surface area contributed by atoms with Crippen LogP contribution in [0.3, 0.4) is 0 Å². The molecule has 2 aromatic rings. The van der Waals surface area contributed by atoms with Crippen LogP contribution < -0.4 is 5.32 Å². The molecule has 2 heterocycles. The van der Waals surface area contributed by atoms with Crippen LogP contribution in [0, 0.1) is 10.1 Å². The van der Waals surface area contributed by atoms with Gasteiger partial charge in [-0.05, 0) is 18.2 Å². The first-order valence-corrected chi connectivity index (χ1v) is 6.77. The van der Waals surface area contributed by atoms with Crippen LogP contribution in [0.4, 0.5) is 11.7 Å². The Kier molecular flexibility index (Phi) is 2.83. The van der Waals surface area contributed by atoms with Crippen LogP contribution in [0.5, 0.6) is 0 Å². The van der Waals surface area contributed by atoms with Gasteiger partial charge < -0.3 is 9.73 Å². The van der Waals surface area contributed by atoms with Gasteiger partial charge in [0.25, 0.3) is 11.7 Å². The molecule has 0 saturated carbocycles. The average molecular weight is 265 g/mol. The lowest BCUT2D eigenvalue weighted by molar-refractivity contribution is -0.384. The van der Waals surface area contributed by atoms with Crippen molar-refractivity contribution < 1.29 is 9.34 Å². The van der Waals surface area contributed by atoms with Gasteiger partial charge in [0.1, 0.15) is 5.52 Å². The Bertz CT molecular complexity index is 592. The molecule has 6 nitrogen and oxygen atoms in total. The molecule has 0 bridgehead atoms. The van der Waals surface area contributed by atoms with E-state index >= 15 is 0 Å². The van der Waals surface area contributed by atoms with E-state index in [4.69, 9.17) is 4.42 Å². The molecular weight excluding hydrogens is 254 g/mol. The van der Waals surface area contributed by atoms with Crippen LogP contribution in [-0.2, 0) is 0 Å². The van der Waals surface area contributed by atoms with Crippen molar-refractivity contribution in [1.29, 1.82) is 0 Å². The van der Waals surface area contributed by atoms with Crippen molar-refractivity contribution in [2.75, 3.05) is 16.8 Å². The molecule has 1 fully saturated rings. The zero-order chi connectivity index (χ0) is 12.5. The largest absolute Gasteiger partial charge is 0.424 e.